The Kier molecular flexibility index (Phi) is 3.76. The third-order valence-corrected chi connectivity index (χ3v) is 4.94. The van der Waals surface area contributed by atoms with Crippen LogP contribution in [0.5, 0.6) is 28.7 Å². The molecule has 2 aromatic carbocycles. The zero-order valence-electron chi connectivity index (χ0n) is 14.1. The van der Waals surface area contributed by atoms with Gasteiger partial charge in [0, 0.05) is 24.7 Å². The molecule has 0 spiro atoms. The standard InChI is InChI=1S/C19H19NO6/c21-14-9-18-17(25-11-26-18)8-13(14)19(20-3-5-22-6-4-20)12-1-2-15-16(7-12)24-10-23-15/h1-2,7-9,19,21H,3-6,10-11H2/t19-/m0/s1. The van der Waals surface area contributed by atoms with Crippen LogP contribution in [0.25, 0.3) is 0 Å². The molecule has 1 atom stereocenters. The van der Waals surface area contributed by atoms with Crippen molar-refractivity contribution in [3.63, 3.8) is 0 Å². The van der Waals surface area contributed by atoms with Gasteiger partial charge in [0.05, 0.1) is 19.3 Å². The molecule has 1 saturated heterocycles. The van der Waals surface area contributed by atoms with E-state index in [1.165, 1.54) is 0 Å². The van der Waals surface area contributed by atoms with E-state index in [2.05, 4.69) is 4.90 Å². The number of phenols is 1. The van der Waals surface area contributed by atoms with Gasteiger partial charge in [0.1, 0.15) is 5.75 Å². The van der Waals surface area contributed by atoms with Gasteiger partial charge in [0.25, 0.3) is 0 Å². The quantitative estimate of drug-likeness (QED) is 0.904. The number of nitrogens with zero attached hydrogens (tertiary/aromatic N) is 1. The molecule has 2 aromatic rings. The maximum Gasteiger partial charge on any atom is 0.231 e. The second-order valence-corrected chi connectivity index (χ2v) is 6.43. The summed E-state index contributed by atoms with van der Waals surface area (Å²) < 4.78 is 27.4. The molecule has 0 aromatic heterocycles. The van der Waals surface area contributed by atoms with Gasteiger partial charge in [-0.3, -0.25) is 4.90 Å². The largest absolute Gasteiger partial charge is 0.507 e. The predicted molar refractivity (Wildman–Crippen MR) is 91.0 cm³/mol. The summed E-state index contributed by atoms with van der Waals surface area (Å²) in [4.78, 5) is 2.29. The Balaban J connectivity index is 1.60. The summed E-state index contributed by atoms with van der Waals surface area (Å²) in [6.45, 7) is 3.26. The second kappa shape index (κ2) is 6.26. The van der Waals surface area contributed by atoms with Gasteiger partial charge in [-0.15, -0.1) is 0 Å². The van der Waals surface area contributed by atoms with Crippen LogP contribution in [-0.4, -0.2) is 49.9 Å². The van der Waals surface area contributed by atoms with E-state index >= 15 is 0 Å². The van der Waals surface area contributed by atoms with Crippen LogP contribution in [0.2, 0.25) is 0 Å². The van der Waals surface area contributed by atoms with Gasteiger partial charge in [-0.05, 0) is 23.8 Å². The van der Waals surface area contributed by atoms with Crippen LogP contribution < -0.4 is 18.9 Å². The number of phenolic OH excluding ortho intramolecular Hbond substituents is 1. The summed E-state index contributed by atoms with van der Waals surface area (Å²) in [5.41, 5.74) is 1.79. The first-order chi connectivity index (χ1) is 12.8. The van der Waals surface area contributed by atoms with Gasteiger partial charge in [-0.25, -0.2) is 0 Å². The number of morpholine rings is 1. The van der Waals surface area contributed by atoms with E-state index in [0.717, 1.165) is 35.7 Å². The third-order valence-electron chi connectivity index (χ3n) is 4.94. The molecule has 0 aliphatic carbocycles. The smallest absolute Gasteiger partial charge is 0.231 e. The van der Waals surface area contributed by atoms with Crippen LogP contribution in [0, 0.1) is 0 Å². The van der Waals surface area contributed by atoms with Gasteiger partial charge in [0.15, 0.2) is 23.0 Å². The molecule has 3 heterocycles. The van der Waals surface area contributed by atoms with Crippen molar-refractivity contribution in [3.05, 3.63) is 41.5 Å². The van der Waals surface area contributed by atoms with Gasteiger partial charge in [0.2, 0.25) is 13.6 Å². The van der Waals surface area contributed by atoms with Crippen molar-refractivity contribution >= 4 is 0 Å². The molecular formula is C19H19NO6. The van der Waals surface area contributed by atoms with E-state index in [1.807, 2.05) is 24.3 Å². The topological polar surface area (TPSA) is 69.6 Å². The number of aromatic hydroxyl groups is 1. The summed E-state index contributed by atoms with van der Waals surface area (Å²) in [6, 6.07) is 9.24. The Bertz CT molecular complexity index is 833. The van der Waals surface area contributed by atoms with Crippen molar-refractivity contribution in [3.8, 4) is 28.7 Å². The number of hydrogen-bond acceptors (Lipinski definition) is 7. The maximum atomic E-state index is 10.7. The molecule has 7 heteroatoms. The minimum atomic E-state index is -0.150. The van der Waals surface area contributed by atoms with Crippen molar-refractivity contribution < 1.29 is 28.8 Å². The average molecular weight is 357 g/mol. The monoisotopic (exact) mass is 357 g/mol. The van der Waals surface area contributed by atoms with E-state index in [4.69, 9.17) is 23.7 Å². The molecule has 1 N–H and O–H groups in total. The Morgan fingerprint density at radius 3 is 2.23 bits per heavy atom. The first-order valence-electron chi connectivity index (χ1n) is 8.63. The Morgan fingerprint density at radius 2 is 1.46 bits per heavy atom. The highest BCUT2D eigenvalue weighted by Gasteiger charge is 2.30. The van der Waals surface area contributed by atoms with E-state index in [1.54, 1.807) is 6.07 Å². The average Bonchev–Trinajstić information content (AvgIpc) is 3.31. The zero-order chi connectivity index (χ0) is 17.5. The molecule has 136 valence electrons. The highest BCUT2D eigenvalue weighted by molar-refractivity contribution is 5.55. The fourth-order valence-electron chi connectivity index (χ4n) is 3.67. The lowest BCUT2D eigenvalue weighted by molar-refractivity contribution is 0.0235. The normalized spacial score (nSPS) is 19.5. The minimum absolute atomic E-state index is 0.150. The van der Waals surface area contributed by atoms with Crippen molar-refractivity contribution in [1.82, 2.24) is 4.90 Å². The molecule has 0 radical (unpaired) electrons. The fourth-order valence-corrected chi connectivity index (χ4v) is 3.67. The lowest BCUT2D eigenvalue weighted by Crippen LogP contribution is -2.39. The summed E-state index contributed by atoms with van der Waals surface area (Å²) in [5.74, 6) is 2.86. The first-order valence-corrected chi connectivity index (χ1v) is 8.63. The fraction of sp³-hybridized carbons (Fsp3) is 0.368. The summed E-state index contributed by atoms with van der Waals surface area (Å²) in [6.07, 6.45) is 0. The van der Waals surface area contributed by atoms with Crippen molar-refractivity contribution in [2.24, 2.45) is 0 Å². The molecule has 0 unspecified atom stereocenters. The molecule has 0 saturated carbocycles. The van der Waals surface area contributed by atoms with Crippen molar-refractivity contribution in [1.29, 1.82) is 0 Å². The van der Waals surface area contributed by atoms with E-state index in [9.17, 15) is 5.11 Å². The molecule has 5 rings (SSSR count). The van der Waals surface area contributed by atoms with Gasteiger partial charge in [-0.1, -0.05) is 6.07 Å². The van der Waals surface area contributed by atoms with Crippen LogP contribution in [-0.2, 0) is 4.74 Å². The number of benzene rings is 2. The zero-order valence-corrected chi connectivity index (χ0v) is 14.1. The molecular weight excluding hydrogens is 338 g/mol. The van der Waals surface area contributed by atoms with E-state index in [0.29, 0.717) is 24.7 Å². The highest BCUT2D eigenvalue weighted by atomic mass is 16.7. The lowest BCUT2D eigenvalue weighted by atomic mass is 9.95. The molecule has 26 heavy (non-hydrogen) atoms. The van der Waals surface area contributed by atoms with E-state index in [-0.39, 0.29) is 25.4 Å². The Hall–Kier alpha value is -2.64. The first kappa shape index (κ1) is 15.6. The molecule has 7 nitrogen and oxygen atoms in total. The van der Waals surface area contributed by atoms with Crippen molar-refractivity contribution in [2.45, 2.75) is 6.04 Å². The van der Waals surface area contributed by atoms with Crippen LogP contribution >= 0.6 is 0 Å². The summed E-state index contributed by atoms with van der Waals surface area (Å²) in [7, 11) is 0. The van der Waals surface area contributed by atoms with Crippen LogP contribution in [0.15, 0.2) is 30.3 Å². The third kappa shape index (κ3) is 2.60. The summed E-state index contributed by atoms with van der Waals surface area (Å²) >= 11 is 0. The van der Waals surface area contributed by atoms with Gasteiger partial charge in [-0.2, -0.15) is 0 Å². The number of rotatable bonds is 3. The number of fused-ring (bicyclic) bond motifs is 2. The maximum absolute atomic E-state index is 10.7. The van der Waals surface area contributed by atoms with Crippen LogP contribution in [0.4, 0.5) is 0 Å². The van der Waals surface area contributed by atoms with Gasteiger partial charge < -0.3 is 28.8 Å². The van der Waals surface area contributed by atoms with Crippen LogP contribution in [0.3, 0.4) is 0 Å². The Labute approximate surface area is 150 Å². The molecule has 0 bridgehead atoms. The number of ether oxygens (including phenoxy) is 5. The molecule has 1 fully saturated rings. The SMILES string of the molecule is Oc1cc2c(cc1[C@H](c1ccc3c(c1)OCO3)N1CCOCC1)OCO2. The molecule has 3 aliphatic heterocycles. The van der Waals surface area contributed by atoms with Gasteiger partial charge >= 0.3 is 0 Å². The second-order valence-electron chi connectivity index (χ2n) is 6.43. The van der Waals surface area contributed by atoms with Crippen LogP contribution in [0.1, 0.15) is 17.2 Å². The lowest BCUT2D eigenvalue weighted by Gasteiger charge is -2.35. The molecule has 0 amide bonds. The highest BCUT2D eigenvalue weighted by Crippen LogP contribution is 2.45. The minimum Gasteiger partial charge on any atom is -0.507 e. The molecule has 3 aliphatic rings. The predicted octanol–water partition coefficient (Wildman–Crippen LogP) is 2.27. The van der Waals surface area contributed by atoms with E-state index < -0.39 is 0 Å². The number of hydrogen-bond donors (Lipinski definition) is 1. The summed E-state index contributed by atoms with van der Waals surface area (Å²) in [5, 5.41) is 10.7. The Morgan fingerprint density at radius 1 is 0.808 bits per heavy atom. The van der Waals surface area contributed by atoms with Crippen molar-refractivity contribution in [2.75, 3.05) is 39.9 Å².